The molecule has 0 fully saturated rings. The van der Waals surface area contributed by atoms with Gasteiger partial charge in [0, 0.05) is 18.0 Å². The number of benzene rings is 2. The molecule has 2 aromatic rings. The van der Waals surface area contributed by atoms with Gasteiger partial charge < -0.3 is 10.2 Å². The number of aliphatic carboxylic acids is 1. The summed E-state index contributed by atoms with van der Waals surface area (Å²) in [6.07, 6.45) is 0.873. The molecular weight excluding hydrogens is 410 g/mol. The number of hydrogen-bond donors (Lipinski definition) is 2. The van der Waals surface area contributed by atoms with Crippen LogP contribution in [-0.4, -0.2) is 39.7 Å². The highest BCUT2D eigenvalue weighted by atomic mass is 35.5. The van der Waals surface area contributed by atoms with Crippen molar-refractivity contribution in [1.29, 1.82) is 0 Å². The van der Waals surface area contributed by atoms with Crippen LogP contribution in [0.3, 0.4) is 0 Å². The summed E-state index contributed by atoms with van der Waals surface area (Å²) >= 11 is 0. The summed E-state index contributed by atoms with van der Waals surface area (Å²) < 4.78 is 0. The van der Waals surface area contributed by atoms with Crippen molar-refractivity contribution in [3.05, 3.63) is 70.8 Å². The molecule has 0 heterocycles. The van der Waals surface area contributed by atoms with Crippen molar-refractivity contribution >= 4 is 18.4 Å². The number of carboxylic acids is 1. The number of halogens is 1. The third-order valence-corrected chi connectivity index (χ3v) is 6.09. The zero-order chi connectivity index (χ0) is 22.5. The van der Waals surface area contributed by atoms with Gasteiger partial charge in [-0.1, -0.05) is 48.5 Å². The minimum Gasteiger partial charge on any atom is -0.481 e. The van der Waals surface area contributed by atoms with Gasteiger partial charge in [-0.2, -0.15) is 0 Å². The van der Waals surface area contributed by atoms with E-state index in [4.69, 9.17) is 0 Å². The van der Waals surface area contributed by atoms with Gasteiger partial charge in [-0.05, 0) is 76.8 Å². The molecule has 0 unspecified atom stereocenters. The van der Waals surface area contributed by atoms with Gasteiger partial charge in [0.05, 0.1) is 12.0 Å². The molecule has 0 saturated heterocycles. The van der Waals surface area contributed by atoms with Gasteiger partial charge in [0.1, 0.15) is 0 Å². The fraction of sp³-hybridized carbons (Fsp3) is 0.500. The molecular formula is C26H38ClNO3. The van der Waals surface area contributed by atoms with E-state index < -0.39 is 11.4 Å². The largest absolute Gasteiger partial charge is 0.481 e. The molecule has 2 aromatic carbocycles. The van der Waals surface area contributed by atoms with Gasteiger partial charge in [0.25, 0.3) is 0 Å². The number of carbonyl (C=O) groups is 1. The minimum atomic E-state index is -1.02. The van der Waals surface area contributed by atoms with Gasteiger partial charge in [-0.15, -0.1) is 12.4 Å². The maximum atomic E-state index is 12.1. The first kappa shape index (κ1) is 27.2. The van der Waals surface area contributed by atoms with Crippen LogP contribution >= 0.6 is 12.4 Å². The van der Waals surface area contributed by atoms with Crippen LogP contribution in [0.4, 0.5) is 0 Å². The average Bonchev–Trinajstić information content (AvgIpc) is 2.70. The Morgan fingerprint density at radius 2 is 1.58 bits per heavy atom. The second kappa shape index (κ2) is 11.7. The maximum absolute atomic E-state index is 12.1. The van der Waals surface area contributed by atoms with Crippen LogP contribution in [0.1, 0.15) is 76.1 Å². The van der Waals surface area contributed by atoms with Crippen LogP contribution in [0.25, 0.3) is 0 Å². The van der Waals surface area contributed by atoms with Gasteiger partial charge in [-0.3, -0.25) is 9.69 Å². The fourth-order valence-electron chi connectivity index (χ4n) is 4.26. The molecule has 0 spiro atoms. The lowest BCUT2D eigenvalue weighted by Gasteiger charge is -2.33. The van der Waals surface area contributed by atoms with Crippen molar-refractivity contribution in [3.8, 4) is 0 Å². The Bertz CT molecular complexity index is 826. The molecule has 31 heavy (non-hydrogen) atoms. The molecule has 0 radical (unpaired) electrons. The van der Waals surface area contributed by atoms with Crippen molar-refractivity contribution in [2.75, 3.05) is 6.54 Å². The Kier molecular flexibility index (Phi) is 10.2. The molecule has 5 heteroatoms. The van der Waals surface area contributed by atoms with Gasteiger partial charge >= 0.3 is 5.97 Å². The van der Waals surface area contributed by atoms with E-state index in [1.807, 2.05) is 36.4 Å². The van der Waals surface area contributed by atoms with Crippen LogP contribution in [0.5, 0.6) is 0 Å². The predicted molar refractivity (Wildman–Crippen MR) is 130 cm³/mol. The van der Waals surface area contributed by atoms with E-state index in [0.29, 0.717) is 12.1 Å². The van der Waals surface area contributed by atoms with Crippen molar-refractivity contribution in [2.45, 2.75) is 78.0 Å². The summed E-state index contributed by atoms with van der Waals surface area (Å²) in [6.45, 7) is 13.2. The van der Waals surface area contributed by atoms with Crippen LogP contribution in [-0.2, 0) is 16.8 Å². The van der Waals surface area contributed by atoms with Gasteiger partial charge in [0.2, 0.25) is 0 Å². The topological polar surface area (TPSA) is 60.8 Å². The highest BCUT2D eigenvalue weighted by molar-refractivity contribution is 5.85. The van der Waals surface area contributed by atoms with Crippen LogP contribution in [0, 0.1) is 0 Å². The highest BCUT2D eigenvalue weighted by Crippen LogP contribution is 2.37. The summed E-state index contributed by atoms with van der Waals surface area (Å²) in [5.74, 6) is -0.801. The zero-order valence-corrected chi connectivity index (χ0v) is 20.4. The first-order valence-electron chi connectivity index (χ1n) is 10.9. The van der Waals surface area contributed by atoms with Gasteiger partial charge in [0.15, 0.2) is 0 Å². The van der Waals surface area contributed by atoms with Crippen LogP contribution in [0.15, 0.2) is 48.5 Å². The number of aliphatic hydroxyl groups excluding tert-OH is 1. The lowest BCUT2D eigenvalue weighted by atomic mass is 9.75. The normalized spacial score (nSPS) is 12.8. The fourth-order valence-corrected chi connectivity index (χ4v) is 4.26. The first-order valence-corrected chi connectivity index (χ1v) is 10.9. The number of carboxylic acid groups (broad SMARTS) is 1. The van der Waals surface area contributed by atoms with Crippen molar-refractivity contribution in [2.24, 2.45) is 0 Å². The molecule has 4 nitrogen and oxygen atoms in total. The second-order valence-electron chi connectivity index (χ2n) is 9.19. The number of rotatable bonds is 10. The Morgan fingerprint density at radius 3 is 2.06 bits per heavy atom. The molecule has 0 amide bonds. The maximum Gasteiger partial charge on any atom is 0.313 e. The summed E-state index contributed by atoms with van der Waals surface area (Å²) in [5.41, 5.74) is 2.75. The zero-order valence-electron chi connectivity index (χ0n) is 19.6. The minimum absolute atomic E-state index is 0. The summed E-state index contributed by atoms with van der Waals surface area (Å²) in [4.78, 5) is 14.5. The smallest absolute Gasteiger partial charge is 0.313 e. The molecule has 0 aliphatic heterocycles. The van der Waals surface area contributed by atoms with E-state index in [1.54, 1.807) is 13.8 Å². The first-order chi connectivity index (χ1) is 14.1. The number of nitrogens with zero attached hydrogens (tertiary/aromatic N) is 1. The van der Waals surface area contributed by atoms with Crippen molar-refractivity contribution < 1.29 is 15.0 Å². The molecule has 0 aliphatic carbocycles. The molecule has 1 atom stereocenters. The molecule has 0 aliphatic rings. The molecule has 0 aromatic heterocycles. The molecule has 0 bridgehead atoms. The lowest BCUT2D eigenvalue weighted by Crippen LogP contribution is -2.38. The monoisotopic (exact) mass is 447 g/mol. The van der Waals surface area contributed by atoms with E-state index in [-0.39, 0.29) is 24.9 Å². The van der Waals surface area contributed by atoms with E-state index in [9.17, 15) is 15.0 Å². The Balaban J connectivity index is 0.00000480. The molecule has 172 valence electrons. The standard InChI is InChI=1S/C26H37NO3.ClH/c1-18(2)27(19(3)4)15-14-22(21-10-8-7-9-11-21)23-16-20(17-28)12-13-24(23)26(5,6)25(29)30;/h7-13,16,18-19,22,28H,14-15,17H2,1-6H3,(H,29,30);1H/t22-;/m1./s1. The average molecular weight is 448 g/mol. The Morgan fingerprint density at radius 1 is 1.00 bits per heavy atom. The quantitative estimate of drug-likeness (QED) is 0.497. The predicted octanol–water partition coefficient (Wildman–Crippen LogP) is 5.60. The second-order valence-corrected chi connectivity index (χ2v) is 9.19. The molecule has 2 rings (SSSR count). The highest BCUT2D eigenvalue weighted by Gasteiger charge is 2.34. The van der Waals surface area contributed by atoms with E-state index >= 15 is 0 Å². The van der Waals surface area contributed by atoms with Crippen LogP contribution < -0.4 is 0 Å². The number of aliphatic hydroxyl groups is 1. The van der Waals surface area contributed by atoms with Crippen molar-refractivity contribution in [3.63, 3.8) is 0 Å². The van der Waals surface area contributed by atoms with Crippen LogP contribution in [0.2, 0.25) is 0 Å². The SMILES string of the molecule is CC(C)N(CC[C@H](c1ccccc1)c1cc(CO)ccc1C(C)(C)C(=O)O)C(C)C.Cl. The molecule has 2 N–H and O–H groups in total. The molecule has 0 saturated carbocycles. The number of hydrogen-bond acceptors (Lipinski definition) is 3. The third kappa shape index (κ3) is 6.55. The lowest BCUT2D eigenvalue weighted by molar-refractivity contribution is -0.142. The van der Waals surface area contributed by atoms with E-state index in [2.05, 4.69) is 44.7 Å². The van der Waals surface area contributed by atoms with Crippen molar-refractivity contribution in [1.82, 2.24) is 4.90 Å². The third-order valence-electron chi connectivity index (χ3n) is 6.09. The summed E-state index contributed by atoms with van der Waals surface area (Å²) in [5, 5.41) is 19.7. The van der Waals surface area contributed by atoms with E-state index in [0.717, 1.165) is 29.7 Å². The summed E-state index contributed by atoms with van der Waals surface area (Å²) in [7, 11) is 0. The van der Waals surface area contributed by atoms with Gasteiger partial charge in [-0.25, -0.2) is 0 Å². The Labute approximate surface area is 193 Å². The van der Waals surface area contributed by atoms with E-state index in [1.165, 1.54) is 5.56 Å². The summed E-state index contributed by atoms with van der Waals surface area (Å²) in [6, 6.07) is 16.9. The Hall–Kier alpha value is -1.88.